The van der Waals surface area contributed by atoms with Crippen molar-refractivity contribution in [2.24, 2.45) is 5.73 Å². The van der Waals surface area contributed by atoms with Crippen LogP contribution in [-0.2, 0) is 0 Å². The summed E-state index contributed by atoms with van der Waals surface area (Å²) in [5, 5.41) is 3.61. The van der Waals surface area contributed by atoms with E-state index in [1.165, 1.54) is 0 Å². The molecule has 2 N–H and O–H groups in total. The van der Waals surface area contributed by atoms with Crippen LogP contribution in [0.5, 0.6) is 0 Å². The second-order valence-electron chi connectivity index (χ2n) is 3.79. The van der Waals surface area contributed by atoms with Crippen LogP contribution >= 0.6 is 22.9 Å². The number of rotatable bonds is 2. The maximum atomic E-state index is 6.15. The van der Waals surface area contributed by atoms with Gasteiger partial charge in [0.25, 0.3) is 0 Å². The van der Waals surface area contributed by atoms with Crippen molar-refractivity contribution in [3.05, 3.63) is 57.4 Å². The molecule has 0 saturated heterocycles. The van der Waals surface area contributed by atoms with Crippen LogP contribution < -0.4 is 5.73 Å². The monoisotopic (exact) mass is 263 g/mol. The van der Waals surface area contributed by atoms with E-state index in [2.05, 4.69) is 0 Å². The van der Waals surface area contributed by atoms with Crippen molar-refractivity contribution >= 4 is 33.9 Å². The Morgan fingerprint density at radius 1 is 1.24 bits per heavy atom. The Morgan fingerprint density at radius 2 is 2.12 bits per heavy atom. The summed E-state index contributed by atoms with van der Waals surface area (Å²) in [7, 11) is 0. The van der Waals surface area contributed by atoms with E-state index in [1.54, 1.807) is 11.3 Å². The Bertz CT molecular complexity index is 645. The van der Waals surface area contributed by atoms with E-state index < -0.39 is 0 Å². The minimum atomic E-state index is -0.224. The second-order valence-corrected chi connectivity index (χ2v) is 5.18. The summed E-state index contributed by atoms with van der Waals surface area (Å²) in [5.74, 6) is 0.746. The summed E-state index contributed by atoms with van der Waals surface area (Å²) < 4.78 is 5.73. The van der Waals surface area contributed by atoms with Crippen molar-refractivity contribution in [3.8, 4) is 0 Å². The molecule has 3 aromatic rings. The summed E-state index contributed by atoms with van der Waals surface area (Å²) in [6.07, 6.45) is 0. The molecule has 0 fully saturated rings. The van der Waals surface area contributed by atoms with Gasteiger partial charge >= 0.3 is 0 Å². The van der Waals surface area contributed by atoms with Crippen LogP contribution in [-0.4, -0.2) is 0 Å². The van der Waals surface area contributed by atoms with Crippen LogP contribution in [0, 0.1) is 0 Å². The third-order valence-electron chi connectivity index (χ3n) is 2.68. The lowest BCUT2D eigenvalue weighted by Crippen LogP contribution is -2.08. The molecule has 0 radical (unpaired) electrons. The smallest absolute Gasteiger partial charge is 0.135 e. The maximum absolute atomic E-state index is 6.15. The van der Waals surface area contributed by atoms with Crippen molar-refractivity contribution in [3.63, 3.8) is 0 Å². The molecule has 2 aromatic heterocycles. The third-order valence-corrected chi connectivity index (χ3v) is 3.97. The van der Waals surface area contributed by atoms with E-state index in [0.29, 0.717) is 5.02 Å². The van der Waals surface area contributed by atoms with Gasteiger partial charge in [0, 0.05) is 10.3 Å². The highest BCUT2D eigenvalue weighted by Crippen LogP contribution is 2.32. The summed E-state index contributed by atoms with van der Waals surface area (Å²) in [5.41, 5.74) is 6.93. The zero-order chi connectivity index (χ0) is 11.8. The zero-order valence-electron chi connectivity index (χ0n) is 8.89. The Balaban J connectivity index is 2.10. The number of nitrogens with two attached hydrogens (primary N) is 1. The van der Waals surface area contributed by atoms with E-state index in [1.807, 2.05) is 41.8 Å². The van der Waals surface area contributed by atoms with Crippen LogP contribution in [0.4, 0.5) is 0 Å². The predicted octanol–water partition coefficient (Wildman–Crippen LogP) is 4.20. The van der Waals surface area contributed by atoms with Gasteiger partial charge in [-0.3, -0.25) is 0 Å². The van der Waals surface area contributed by atoms with Crippen molar-refractivity contribution in [2.45, 2.75) is 6.04 Å². The average molecular weight is 264 g/mol. The summed E-state index contributed by atoms with van der Waals surface area (Å²) in [4.78, 5) is 1.08. The summed E-state index contributed by atoms with van der Waals surface area (Å²) in [6.45, 7) is 0. The second kappa shape index (κ2) is 4.18. The number of thiophene rings is 1. The highest BCUT2D eigenvalue weighted by atomic mass is 35.5. The quantitative estimate of drug-likeness (QED) is 0.753. The molecule has 1 unspecified atom stereocenters. The van der Waals surface area contributed by atoms with Crippen LogP contribution in [0.2, 0.25) is 5.02 Å². The molecule has 1 atom stereocenters. The fourth-order valence-electron chi connectivity index (χ4n) is 1.81. The molecule has 2 heterocycles. The van der Waals surface area contributed by atoms with Gasteiger partial charge in [0.05, 0.1) is 11.1 Å². The Kier molecular flexibility index (Phi) is 2.67. The van der Waals surface area contributed by atoms with Gasteiger partial charge in [0.2, 0.25) is 0 Å². The van der Waals surface area contributed by atoms with Crippen LogP contribution in [0.3, 0.4) is 0 Å². The first-order chi connectivity index (χ1) is 8.25. The fraction of sp³-hybridized carbons (Fsp3) is 0.0769. The minimum absolute atomic E-state index is 0.224. The molecule has 0 bridgehead atoms. The third kappa shape index (κ3) is 1.86. The summed E-state index contributed by atoms with van der Waals surface area (Å²) in [6, 6.07) is 11.3. The van der Waals surface area contributed by atoms with Crippen molar-refractivity contribution < 1.29 is 4.42 Å². The Labute approximate surface area is 108 Å². The van der Waals surface area contributed by atoms with E-state index in [0.717, 1.165) is 21.6 Å². The summed E-state index contributed by atoms with van der Waals surface area (Å²) >= 11 is 7.72. The first kappa shape index (κ1) is 10.8. The zero-order valence-corrected chi connectivity index (χ0v) is 10.5. The molecule has 0 aliphatic heterocycles. The maximum Gasteiger partial charge on any atom is 0.135 e. The molecule has 0 aliphatic carbocycles. The van der Waals surface area contributed by atoms with Crippen molar-refractivity contribution in [1.29, 1.82) is 0 Å². The van der Waals surface area contributed by atoms with Gasteiger partial charge in [0.1, 0.15) is 11.3 Å². The van der Waals surface area contributed by atoms with Crippen molar-refractivity contribution in [2.75, 3.05) is 0 Å². The van der Waals surface area contributed by atoms with Gasteiger partial charge in [-0.2, -0.15) is 0 Å². The molecular formula is C13H10ClNOS. The minimum Gasteiger partial charge on any atom is -0.459 e. The Morgan fingerprint density at radius 3 is 2.82 bits per heavy atom. The standard InChI is InChI=1S/C13H10ClNOS/c14-9-3-1-4-10-8(9)7-11(16-10)13(15)12-5-2-6-17-12/h1-7,13H,15H2. The average Bonchev–Trinajstić information content (AvgIpc) is 2.98. The predicted molar refractivity (Wildman–Crippen MR) is 71.6 cm³/mol. The first-order valence-corrected chi connectivity index (χ1v) is 6.48. The molecule has 86 valence electrons. The number of benzene rings is 1. The molecule has 0 spiro atoms. The normalized spacial score (nSPS) is 13.1. The van der Waals surface area contributed by atoms with Gasteiger partial charge in [-0.1, -0.05) is 23.7 Å². The lowest BCUT2D eigenvalue weighted by molar-refractivity contribution is 0.528. The van der Waals surface area contributed by atoms with E-state index in [9.17, 15) is 0 Å². The number of hydrogen-bond donors (Lipinski definition) is 1. The van der Waals surface area contributed by atoms with Crippen LogP contribution in [0.1, 0.15) is 16.7 Å². The van der Waals surface area contributed by atoms with Gasteiger partial charge in [-0.25, -0.2) is 0 Å². The van der Waals surface area contributed by atoms with Crippen LogP contribution in [0.15, 0.2) is 46.2 Å². The number of halogens is 1. The lowest BCUT2D eigenvalue weighted by Gasteiger charge is -2.04. The van der Waals surface area contributed by atoms with E-state index in [-0.39, 0.29) is 6.04 Å². The van der Waals surface area contributed by atoms with Gasteiger partial charge in [-0.15, -0.1) is 11.3 Å². The van der Waals surface area contributed by atoms with E-state index >= 15 is 0 Å². The molecule has 1 aromatic carbocycles. The largest absolute Gasteiger partial charge is 0.459 e. The van der Waals surface area contributed by atoms with Crippen LogP contribution in [0.25, 0.3) is 11.0 Å². The number of hydrogen-bond acceptors (Lipinski definition) is 3. The number of furan rings is 1. The molecule has 0 aliphatic rings. The molecule has 0 amide bonds. The highest BCUT2D eigenvalue weighted by Gasteiger charge is 2.15. The van der Waals surface area contributed by atoms with Gasteiger partial charge < -0.3 is 10.2 Å². The molecule has 3 rings (SSSR count). The molecular weight excluding hydrogens is 254 g/mol. The fourth-order valence-corrected chi connectivity index (χ4v) is 2.76. The van der Waals surface area contributed by atoms with Crippen molar-refractivity contribution in [1.82, 2.24) is 0 Å². The Hall–Kier alpha value is -1.29. The van der Waals surface area contributed by atoms with Gasteiger partial charge in [0.15, 0.2) is 0 Å². The molecule has 4 heteroatoms. The molecule has 17 heavy (non-hydrogen) atoms. The lowest BCUT2D eigenvalue weighted by atomic mass is 10.2. The first-order valence-electron chi connectivity index (χ1n) is 5.22. The van der Waals surface area contributed by atoms with Gasteiger partial charge in [-0.05, 0) is 29.6 Å². The molecule has 0 saturated carbocycles. The topological polar surface area (TPSA) is 39.2 Å². The SMILES string of the molecule is NC(c1cc2c(Cl)cccc2o1)c1cccs1. The van der Waals surface area contributed by atoms with E-state index in [4.69, 9.17) is 21.8 Å². The highest BCUT2D eigenvalue weighted by molar-refractivity contribution is 7.10. The number of fused-ring (bicyclic) bond motifs is 1. The molecule has 2 nitrogen and oxygen atoms in total.